The van der Waals surface area contributed by atoms with E-state index in [0.717, 1.165) is 17.5 Å². The number of benzene rings is 3. The Morgan fingerprint density at radius 2 is 1.59 bits per heavy atom. The molecule has 3 aromatic rings. The molecular weight excluding hydrogens is 451 g/mol. The zero-order valence-electron chi connectivity index (χ0n) is 19.5. The fraction of sp³-hybridized carbons (Fsp3) is 0.286. The molecule has 6 heteroatoms. The maximum absolute atomic E-state index is 13.6. The van der Waals surface area contributed by atoms with E-state index < -0.39 is 6.04 Å². The highest BCUT2D eigenvalue weighted by molar-refractivity contribution is 6.31. The Bertz CT molecular complexity index is 1090. The summed E-state index contributed by atoms with van der Waals surface area (Å²) in [4.78, 5) is 28.7. The number of carbonyl (C=O) groups excluding carboxylic acids is 2. The maximum atomic E-state index is 13.6. The molecule has 3 aromatic carbocycles. The standard InChI is InChI=1S/C28H30ClFN2O2/c1-3-20(2)31-28(34)26(17-21-9-5-4-6-10-21)32(19-23-11-7-8-12-25(23)29)27(33)18-22-13-15-24(30)16-14-22/h4-16,20,26H,3,17-19H2,1-2H3,(H,31,34)/t20-,26+/m1/s1. The van der Waals surface area contributed by atoms with Gasteiger partial charge < -0.3 is 10.2 Å². The van der Waals surface area contributed by atoms with E-state index in [9.17, 15) is 14.0 Å². The number of hydrogen-bond donors (Lipinski definition) is 1. The summed E-state index contributed by atoms with van der Waals surface area (Å²) in [5.41, 5.74) is 2.38. The summed E-state index contributed by atoms with van der Waals surface area (Å²) >= 11 is 6.42. The molecule has 0 unspecified atom stereocenters. The van der Waals surface area contributed by atoms with Crippen molar-refractivity contribution in [2.45, 2.75) is 51.7 Å². The lowest BCUT2D eigenvalue weighted by Crippen LogP contribution is -2.52. The number of carbonyl (C=O) groups is 2. The molecule has 0 aromatic heterocycles. The van der Waals surface area contributed by atoms with Crippen LogP contribution in [0.1, 0.15) is 37.0 Å². The summed E-state index contributed by atoms with van der Waals surface area (Å²) in [6, 6.07) is 22.0. The van der Waals surface area contributed by atoms with E-state index in [1.165, 1.54) is 12.1 Å². The van der Waals surface area contributed by atoms with E-state index in [1.807, 2.05) is 62.4 Å². The lowest BCUT2D eigenvalue weighted by Gasteiger charge is -2.32. The van der Waals surface area contributed by atoms with E-state index >= 15 is 0 Å². The van der Waals surface area contributed by atoms with Crippen molar-refractivity contribution in [1.29, 1.82) is 0 Å². The van der Waals surface area contributed by atoms with Crippen molar-refractivity contribution in [2.24, 2.45) is 0 Å². The second-order valence-electron chi connectivity index (χ2n) is 8.44. The van der Waals surface area contributed by atoms with Gasteiger partial charge in [0.15, 0.2) is 0 Å². The molecule has 1 N–H and O–H groups in total. The molecule has 0 spiro atoms. The molecule has 0 saturated carbocycles. The van der Waals surface area contributed by atoms with Gasteiger partial charge in [0, 0.05) is 24.0 Å². The van der Waals surface area contributed by atoms with Gasteiger partial charge in [0.05, 0.1) is 6.42 Å². The molecule has 0 bridgehead atoms. The molecule has 0 radical (unpaired) electrons. The number of nitrogens with zero attached hydrogens (tertiary/aromatic N) is 1. The average molecular weight is 481 g/mol. The fourth-order valence-corrected chi connectivity index (χ4v) is 3.88. The summed E-state index contributed by atoms with van der Waals surface area (Å²) in [5.74, 6) is -0.802. The molecule has 0 aliphatic rings. The Hall–Kier alpha value is -3.18. The van der Waals surface area contributed by atoms with Gasteiger partial charge in [-0.05, 0) is 48.2 Å². The Labute approximate surface area is 205 Å². The second kappa shape index (κ2) is 12.3. The van der Waals surface area contributed by atoms with Gasteiger partial charge in [-0.25, -0.2) is 4.39 Å². The van der Waals surface area contributed by atoms with Gasteiger partial charge in [0.2, 0.25) is 11.8 Å². The van der Waals surface area contributed by atoms with Crippen molar-refractivity contribution in [1.82, 2.24) is 10.2 Å². The Balaban J connectivity index is 1.97. The number of halogens is 2. The highest BCUT2D eigenvalue weighted by Crippen LogP contribution is 2.21. The number of nitrogens with one attached hydrogen (secondary N) is 1. The molecule has 2 atom stereocenters. The van der Waals surface area contributed by atoms with Crippen molar-refractivity contribution in [3.63, 3.8) is 0 Å². The van der Waals surface area contributed by atoms with Gasteiger partial charge in [-0.1, -0.05) is 79.2 Å². The molecule has 0 aliphatic carbocycles. The molecule has 0 heterocycles. The maximum Gasteiger partial charge on any atom is 0.243 e. The smallest absolute Gasteiger partial charge is 0.243 e. The summed E-state index contributed by atoms with van der Waals surface area (Å²) in [7, 11) is 0. The highest BCUT2D eigenvalue weighted by atomic mass is 35.5. The fourth-order valence-electron chi connectivity index (χ4n) is 3.68. The molecule has 0 saturated heterocycles. The van der Waals surface area contributed by atoms with Crippen LogP contribution in [0.2, 0.25) is 5.02 Å². The van der Waals surface area contributed by atoms with Crippen LogP contribution in [0.25, 0.3) is 0 Å². The minimum atomic E-state index is -0.736. The van der Waals surface area contributed by atoms with Crippen LogP contribution in [0.15, 0.2) is 78.9 Å². The lowest BCUT2D eigenvalue weighted by molar-refractivity contribution is -0.141. The number of amides is 2. The molecule has 34 heavy (non-hydrogen) atoms. The summed E-state index contributed by atoms with van der Waals surface area (Å²) < 4.78 is 13.4. The van der Waals surface area contributed by atoms with Crippen LogP contribution in [0, 0.1) is 5.82 Å². The predicted molar refractivity (Wildman–Crippen MR) is 134 cm³/mol. The highest BCUT2D eigenvalue weighted by Gasteiger charge is 2.31. The van der Waals surface area contributed by atoms with Gasteiger partial charge in [0.25, 0.3) is 0 Å². The van der Waals surface area contributed by atoms with Gasteiger partial charge in [-0.3, -0.25) is 9.59 Å². The zero-order chi connectivity index (χ0) is 24.5. The summed E-state index contributed by atoms with van der Waals surface area (Å²) in [6.45, 7) is 4.12. The van der Waals surface area contributed by atoms with E-state index in [-0.39, 0.29) is 36.6 Å². The third-order valence-electron chi connectivity index (χ3n) is 5.84. The molecule has 0 aliphatic heterocycles. The van der Waals surface area contributed by atoms with Crippen molar-refractivity contribution < 1.29 is 14.0 Å². The first kappa shape index (κ1) is 25.4. The SMILES string of the molecule is CC[C@@H](C)NC(=O)[C@H](Cc1ccccc1)N(Cc1ccccc1Cl)C(=O)Cc1ccc(F)cc1. The normalized spacial score (nSPS) is 12.6. The average Bonchev–Trinajstić information content (AvgIpc) is 2.84. The van der Waals surface area contributed by atoms with Gasteiger partial charge in [-0.2, -0.15) is 0 Å². The van der Waals surface area contributed by atoms with Gasteiger partial charge in [0.1, 0.15) is 11.9 Å². The van der Waals surface area contributed by atoms with Crippen molar-refractivity contribution >= 4 is 23.4 Å². The molecular formula is C28H30ClFN2O2. The largest absolute Gasteiger partial charge is 0.352 e. The third-order valence-corrected chi connectivity index (χ3v) is 6.21. The Morgan fingerprint density at radius 3 is 2.24 bits per heavy atom. The van der Waals surface area contributed by atoms with Crippen LogP contribution in [0.5, 0.6) is 0 Å². The van der Waals surface area contributed by atoms with Crippen LogP contribution in [0.3, 0.4) is 0 Å². The monoisotopic (exact) mass is 480 g/mol. The molecule has 2 amide bonds. The van der Waals surface area contributed by atoms with Crippen molar-refractivity contribution in [3.8, 4) is 0 Å². The van der Waals surface area contributed by atoms with Crippen LogP contribution in [0.4, 0.5) is 4.39 Å². The first-order valence-corrected chi connectivity index (χ1v) is 11.9. The lowest BCUT2D eigenvalue weighted by atomic mass is 10.0. The molecule has 4 nitrogen and oxygen atoms in total. The first-order chi connectivity index (χ1) is 16.4. The Kier molecular flexibility index (Phi) is 9.23. The summed E-state index contributed by atoms with van der Waals surface area (Å²) in [6.07, 6.45) is 1.19. The summed E-state index contributed by atoms with van der Waals surface area (Å²) in [5, 5.41) is 3.57. The van der Waals surface area contributed by atoms with Crippen LogP contribution in [-0.4, -0.2) is 28.8 Å². The predicted octanol–water partition coefficient (Wildman–Crippen LogP) is 5.58. The Morgan fingerprint density at radius 1 is 0.941 bits per heavy atom. The van der Waals surface area contributed by atoms with E-state index in [2.05, 4.69) is 5.32 Å². The third kappa shape index (κ3) is 7.16. The second-order valence-corrected chi connectivity index (χ2v) is 8.85. The number of hydrogen-bond acceptors (Lipinski definition) is 2. The zero-order valence-corrected chi connectivity index (χ0v) is 20.3. The van der Waals surface area contributed by atoms with E-state index in [0.29, 0.717) is 17.0 Å². The van der Waals surface area contributed by atoms with E-state index in [1.54, 1.807) is 23.1 Å². The van der Waals surface area contributed by atoms with Gasteiger partial charge in [-0.15, -0.1) is 0 Å². The first-order valence-electron chi connectivity index (χ1n) is 11.5. The number of rotatable bonds is 10. The molecule has 178 valence electrons. The van der Waals surface area contributed by atoms with Crippen LogP contribution in [-0.2, 0) is 29.0 Å². The molecule has 0 fully saturated rings. The van der Waals surface area contributed by atoms with Gasteiger partial charge >= 0.3 is 0 Å². The van der Waals surface area contributed by atoms with Crippen LogP contribution >= 0.6 is 11.6 Å². The van der Waals surface area contributed by atoms with Crippen molar-refractivity contribution in [3.05, 3.63) is 106 Å². The van der Waals surface area contributed by atoms with Crippen molar-refractivity contribution in [2.75, 3.05) is 0 Å². The topological polar surface area (TPSA) is 49.4 Å². The van der Waals surface area contributed by atoms with E-state index in [4.69, 9.17) is 11.6 Å². The minimum absolute atomic E-state index is 0.0277. The minimum Gasteiger partial charge on any atom is -0.352 e. The molecule has 3 rings (SSSR count). The quantitative estimate of drug-likeness (QED) is 0.412. The van der Waals surface area contributed by atoms with Crippen LogP contribution < -0.4 is 5.32 Å².